The number of nitrogens with zero attached hydrogens (tertiary/aromatic N) is 2. The molecule has 1 heterocycles. The molecule has 0 aromatic heterocycles. The average Bonchev–Trinajstić information content (AvgIpc) is 2.70. The molecule has 7 heteroatoms. The van der Waals surface area contributed by atoms with Gasteiger partial charge in [0.2, 0.25) is 0 Å². The van der Waals surface area contributed by atoms with E-state index in [1.165, 1.54) is 18.2 Å². The van der Waals surface area contributed by atoms with E-state index in [1.807, 2.05) is 4.90 Å². The van der Waals surface area contributed by atoms with Gasteiger partial charge in [0.25, 0.3) is 11.6 Å². The minimum absolute atomic E-state index is 0.101. The number of likely N-dealkylation sites (tertiary alicyclic amines) is 1. The molecule has 0 saturated carbocycles. The highest BCUT2D eigenvalue weighted by Crippen LogP contribution is 2.26. The lowest BCUT2D eigenvalue weighted by atomic mass is 10.0. The first kappa shape index (κ1) is 15.2. The highest BCUT2D eigenvalue weighted by atomic mass is 16.6. The Morgan fingerprint density at radius 3 is 2.86 bits per heavy atom. The van der Waals surface area contributed by atoms with Crippen LogP contribution in [0.1, 0.15) is 36.5 Å². The molecule has 1 unspecified atom stereocenters. The SMILES string of the molecule is CC1CCCN(C(=O)c2ccc([N+](=O)[O-])c(NN)c2)CC1. The van der Waals surface area contributed by atoms with Crippen molar-refractivity contribution in [3.8, 4) is 0 Å². The van der Waals surface area contributed by atoms with E-state index in [0.717, 1.165) is 32.4 Å². The maximum absolute atomic E-state index is 12.5. The predicted octanol–water partition coefficient (Wildman–Crippen LogP) is 2.14. The Morgan fingerprint density at radius 2 is 2.19 bits per heavy atom. The van der Waals surface area contributed by atoms with Crippen molar-refractivity contribution in [3.05, 3.63) is 33.9 Å². The van der Waals surface area contributed by atoms with Gasteiger partial charge in [0.1, 0.15) is 5.69 Å². The van der Waals surface area contributed by atoms with Crippen molar-refractivity contribution in [3.63, 3.8) is 0 Å². The first-order chi connectivity index (χ1) is 10.0. The molecule has 1 atom stereocenters. The number of hydrogen-bond acceptors (Lipinski definition) is 5. The summed E-state index contributed by atoms with van der Waals surface area (Å²) in [6, 6.07) is 4.23. The molecule has 7 nitrogen and oxygen atoms in total. The first-order valence-corrected chi connectivity index (χ1v) is 7.07. The fraction of sp³-hybridized carbons (Fsp3) is 0.500. The zero-order chi connectivity index (χ0) is 15.4. The second-order valence-corrected chi connectivity index (χ2v) is 5.46. The number of hydrogen-bond donors (Lipinski definition) is 2. The van der Waals surface area contributed by atoms with Crippen LogP contribution in [0.25, 0.3) is 0 Å². The summed E-state index contributed by atoms with van der Waals surface area (Å²) in [6.07, 6.45) is 3.10. The number of anilines is 1. The van der Waals surface area contributed by atoms with Gasteiger partial charge in [-0.3, -0.25) is 20.8 Å². The van der Waals surface area contributed by atoms with Gasteiger partial charge in [-0.1, -0.05) is 6.92 Å². The third kappa shape index (κ3) is 3.49. The standard InChI is InChI=1S/C14H20N4O3/c1-10-3-2-7-17(8-6-10)14(19)11-4-5-13(18(20)21)12(9-11)16-15/h4-5,9-10,16H,2-3,6-8,15H2,1H3. The van der Waals surface area contributed by atoms with Crippen LogP contribution < -0.4 is 11.3 Å². The molecule has 1 fully saturated rings. The molecule has 1 aliphatic rings. The van der Waals surface area contributed by atoms with Gasteiger partial charge >= 0.3 is 0 Å². The third-order valence-electron chi connectivity index (χ3n) is 3.90. The minimum Gasteiger partial charge on any atom is -0.339 e. The molecule has 1 amide bonds. The lowest BCUT2D eigenvalue weighted by Crippen LogP contribution is -2.32. The number of nitrogens with two attached hydrogens (primary N) is 1. The summed E-state index contributed by atoms with van der Waals surface area (Å²) in [5.74, 6) is 5.82. The number of carbonyl (C=O) groups excluding carboxylic acids is 1. The number of benzene rings is 1. The maximum atomic E-state index is 12.5. The van der Waals surface area contributed by atoms with Gasteiger partial charge in [0, 0.05) is 24.7 Å². The van der Waals surface area contributed by atoms with E-state index in [2.05, 4.69) is 12.3 Å². The molecular weight excluding hydrogens is 272 g/mol. The minimum atomic E-state index is -0.531. The van der Waals surface area contributed by atoms with Gasteiger partial charge in [0.15, 0.2) is 0 Å². The fourth-order valence-corrected chi connectivity index (χ4v) is 2.59. The van der Waals surface area contributed by atoms with Gasteiger partial charge in [-0.25, -0.2) is 0 Å². The van der Waals surface area contributed by atoms with Gasteiger partial charge in [0.05, 0.1) is 4.92 Å². The first-order valence-electron chi connectivity index (χ1n) is 7.07. The van der Waals surface area contributed by atoms with Crippen LogP contribution in [0.3, 0.4) is 0 Å². The molecule has 114 valence electrons. The van der Waals surface area contributed by atoms with Crippen LogP contribution in [-0.2, 0) is 0 Å². The summed E-state index contributed by atoms with van der Waals surface area (Å²) >= 11 is 0. The summed E-state index contributed by atoms with van der Waals surface area (Å²) in [4.78, 5) is 24.6. The van der Waals surface area contributed by atoms with Crippen molar-refractivity contribution in [2.45, 2.75) is 26.2 Å². The van der Waals surface area contributed by atoms with Crippen LogP contribution in [-0.4, -0.2) is 28.8 Å². The van der Waals surface area contributed by atoms with Crippen molar-refractivity contribution in [1.29, 1.82) is 0 Å². The number of nitro groups is 1. The fourth-order valence-electron chi connectivity index (χ4n) is 2.59. The monoisotopic (exact) mass is 292 g/mol. The smallest absolute Gasteiger partial charge is 0.293 e. The molecule has 1 aromatic carbocycles. The van der Waals surface area contributed by atoms with E-state index in [4.69, 9.17) is 5.84 Å². The summed E-state index contributed by atoms with van der Waals surface area (Å²) in [6.45, 7) is 3.64. The van der Waals surface area contributed by atoms with E-state index < -0.39 is 4.92 Å². The molecule has 0 spiro atoms. The summed E-state index contributed by atoms with van der Waals surface area (Å²) < 4.78 is 0. The van der Waals surface area contributed by atoms with Crippen LogP contribution in [0, 0.1) is 16.0 Å². The second-order valence-electron chi connectivity index (χ2n) is 5.46. The zero-order valence-electron chi connectivity index (χ0n) is 12.0. The van der Waals surface area contributed by atoms with Crippen LogP contribution in [0.5, 0.6) is 0 Å². The molecule has 3 N–H and O–H groups in total. The Bertz CT molecular complexity index is 547. The Balaban J connectivity index is 2.21. The van der Waals surface area contributed by atoms with E-state index in [-0.39, 0.29) is 17.3 Å². The largest absolute Gasteiger partial charge is 0.339 e. The van der Waals surface area contributed by atoms with Crippen LogP contribution in [0.15, 0.2) is 18.2 Å². The van der Waals surface area contributed by atoms with E-state index in [1.54, 1.807) is 0 Å². The van der Waals surface area contributed by atoms with Gasteiger partial charge in [-0.2, -0.15) is 0 Å². The van der Waals surface area contributed by atoms with Crippen molar-refractivity contribution in [2.24, 2.45) is 11.8 Å². The highest BCUT2D eigenvalue weighted by molar-refractivity contribution is 5.96. The quantitative estimate of drug-likeness (QED) is 0.505. The number of hydrazine groups is 1. The van der Waals surface area contributed by atoms with E-state index in [0.29, 0.717) is 11.5 Å². The Labute approximate surface area is 123 Å². The topological polar surface area (TPSA) is 102 Å². The van der Waals surface area contributed by atoms with Crippen molar-refractivity contribution in [2.75, 3.05) is 18.5 Å². The molecule has 0 radical (unpaired) electrons. The molecule has 0 bridgehead atoms. The van der Waals surface area contributed by atoms with Crippen molar-refractivity contribution in [1.82, 2.24) is 4.90 Å². The molecule has 1 aliphatic heterocycles. The molecule has 2 rings (SSSR count). The van der Waals surface area contributed by atoms with Gasteiger partial charge < -0.3 is 10.3 Å². The maximum Gasteiger partial charge on any atom is 0.293 e. The third-order valence-corrected chi connectivity index (χ3v) is 3.90. The van der Waals surface area contributed by atoms with E-state index >= 15 is 0 Å². The van der Waals surface area contributed by atoms with Crippen LogP contribution in [0.2, 0.25) is 0 Å². The summed E-state index contributed by atoms with van der Waals surface area (Å²) in [7, 11) is 0. The number of carbonyl (C=O) groups is 1. The Kier molecular flexibility index (Phi) is 4.74. The molecular formula is C14H20N4O3. The second kappa shape index (κ2) is 6.53. The molecule has 0 aliphatic carbocycles. The van der Waals surface area contributed by atoms with Crippen molar-refractivity contribution < 1.29 is 9.72 Å². The van der Waals surface area contributed by atoms with Crippen LogP contribution >= 0.6 is 0 Å². The number of amides is 1. The predicted molar refractivity (Wildman–Crippen MR) is 79.8 cm³/mol. The normalized spacial score (nSPS) is 19.0. The lowest BCUT2D eigenvalue weighted by molar-refractivity contribution is -0.384. The molecule has 21 heavy (non-hydrogen) atoms. The number of nitrogens with one attached hydrogen (secondary N) is 1. The van der Waals surface area contributed by atoms with Crippen molar-refractivity contribution >= 4 is 17.3 Å². The molecule has 1 aromatic rings. The average molecular weight is 292 g/mol. The van der Waals surface area contributed by atoms with Gasteiger partial charge in [-0.05, 0) is 37.3 Å². The highest BCUT2D eigenvalue weighted by Gasteiger charge is 2.22. The number of nitro benzene ring substituents is 1. The summed E-state index contributed by atoms with van der Waals surface area (Å²) in [5, 5.41) is 10.9. The van der Waals surface area contributed by atoms with E-state index in [9.17, 15) is 14.9 Å². The zero-order valence-corrected chi connectivity index (χ0v) is 12.0. The molecule has 1 saturated heterocycles. The van der Waals surface area contributed by atoms with Gasteiger partial charge in [-0.15, -0.1) is 0 Å². The Hall–Kier alpha value is -2.15. The lowest BCUT2D eigenvalue weighted by Gasteiger charge is -2.20. The Morgan fingerprint density at radius 1 is 1.43 bits per heavy atom. The number of rotatable bonds is 3. The van der Waals surface area contributed by atoms with Crippen LogP contribution in [0.4, 0.5) is 11.4 Å². The number of nitrogen functional groups attached to an aromatic ring is 1. The summed E-state index contributed by atoms with van der Waals surface area (Å²) in [5.41, 5.74) is 2.71.